The molecule has 3 nitrogen and oxygen atoms in total. The zero-order valence-corrected chi connectivity index (χ0v) is 9.85. The Morgan fingerprint density at radius 3 is 2.62 bits per heavy atom. The molecule has 2 rings (SSSR count). The summed E-state index contributed by atoms with van der Waals surface area (Å²) in [6.07, 6.45) is 3.80. The van der Waals surface area contributed by atoms with Crippen LogP contribution in [0, 0.1) is 0 Å². The van der Waals surface area contributed by atoms with Crippen LogP contribution in [0.15, 0.2) is 48.8 Å². The Bertz CT molecular complexity index is 431. The molecule has 4 heteroatoms. The minimum atomic E-state index is 0. The lowest BCUT2D eigenvalue weighted by molar-refractivity contribution is -0.681. The van der Waals surface area contributed by atoms with Crippen molar-refractivity contribution < 1.29 is 17.0 Å². The third kappa shape index (κ3) is 2.94. The number of aryl methyl sites for hydroxylation is 1. The van der Waals surface area contributed by atoms with Crippen molar-refractivity contribution in [1.82, 2.24) is 4.98 Å². The molecule has 0 saturated carbocycles. The highest BCUT2D eigenvalue weighted by Gasteiger charge is 2.08. The number of aromatic nitrogens is 2. The Hall–Kier alpha value is -1.61. The van der Waals surface area contributed by atoms with Crippen LogP contribution in [0.2, 0.25) is 0 Å². The quantitative estimate of drug-likeness (QED) is 0.702. The van der Waals surface area contributed by atoms with Crippen LogP contribution in [0.25, 0.3) is 0 Å². The van der Waals surface area contributed by atoms with E-state index >= 15 is 0 Å². The second-order valence-electron chi connectivity index (χ2n) is 3.22. The monoisotopic (exact) mass is 235 g/mol. The second-order valence-corrected chi connectivity index (χ2v) is 3.22. The SMILES string of the molecule is CC[n+]1cccnc1Nc1ccccc1.[Cl-]. The molecule has 0 atom stereocenters. The van der Waals surface area contributed by atoms with Gasteiger partial charge >= 0.3 is 5.95 Å². The van der Waals surface area contributed by atoms with E-state index in [-0.39, 0.29) is 12.4 Å². The number of rotatable bonds is 3. The first-order valence-corrected chi connectivity index (χ1v) is 5.06. The van der Waals surface area contributed by atoms with Crippen LogP contribution in [0.1, 0.15) is 6.92 Å². The zero-order chi connectivity index (χ0) is 10.5. The fourth-order valence-electron chi connectivity index (χ4n) is 1.41. The summed E-state index contributed by atoms with van der Waals surface area (Å²) in [4.78, 5) is 4.30. The first kappa shape index (κ1) is 12.5. The van der Waals surface area contributed by atoms with Crippen LogP contribution in [0.3, 0.4) is 0 Å². The van der Waals surface area contributed by atoms with Gasteiger partial charge in [-0.15, -0.1) is 0 Å². The van der Waals surface area contributed by atoms with Crippen LogP contribution in [0.5, 0.6) is 0 Å². The lowest BCUT2D eigenvalue weighted by Gasteiger charge is -2.02. The number of anilines is 2. The molecule has 0 radical (unpaired) electrons. The van der Waals surface area contributed by atoms with E-state index in [9.17, 15) is 0 Å². The van der Waals surface area contributed by atoms with Crippen LogP contribution in [-0.4, -0.2) is 4.98 Å². The molecule has 2 aromatic rings. The normalized spacial score (nSPS) is 9.31. The van der Waals surface area contributed by atoms with Gasteiger partial charge in [0.25, 0.3) is 0 Å². The summed E-state index contributed by atoms with van der Waals surface area (Å²) in [6.45, 7) is 3.00. The smallest absolute Gasteiger partial charge is 0.396 e. The van der Waals surface area contributed by atoms with Crippen molar-refractivity contribution in [2.75, 3.05) is 5.32 Å². The Kier molecular flexibility index (Phi) is 4.73. The Morgan fingerprint density at radius 1 is 1.19 bits per heavy atom. The maximum Gasteiger partial charge on any atom is 0.396 e. The summed E-state index contributed by atoms with van der Waals surface area (Å²) in [5, 5.41) is 3.28. The van der Waals surface area contributed by atoms with Gasteiger partial charge in [-0.1, -0.05) is 23.2 Å². The standard InChI is InChI=1S/C12H13N3.ClH/c1-2-15-10-6-9-13-12(15)14-11-7-4-3-5-8-11;/h3-10H,2H2,1H3;1H. The van der Waals surface area contributed by atoms with Crippen molar-refractivity contribution in [2.45, 2.75) is 13.5 Å². The fourth-order valence-corrected chi connectivity index (χ4v) is 1.41. The zero-order valence-electron chi connectivity index (χ0n) is 9.10. The highest BCUT2D eigenvalue weighted by Crippen LogP contribution is 2.09. The molecule has 1 N–H and O–H groups in total. The first-order valence-electron chi connectivity index (χ1n) is 5.06. The molecule has 16 heavy (non-hydrogen) atoms. The summed E-state index contributed by atoms with van der Waals surface area (Å²) >= 11 is 0. The van der Waals surface area contributed by atoms with Crippen LogP contribution < -0.4 is 22.3 Å². The molecule has 0 aliphatic rings. The highest BCUT2D eigenvalue weighted by molar-refractivity contribution is 5.50. The van der Waals surface area contributed by atoms with Gasteiger partial charge in [-0.05, 0) is 19.1 Å². The fraction of sp³-hybridized carbons (Fsp3) is 0.167. The summed E-state index contributed by atoms with van der Waals surface area (Å²) in [7, 11) is 0. The molecule has 0 amide bonds. The second kappa shape index (κ2) is 6.08. The first-order chi connectivity index (χ1) is 7.40. The van der Waals surface area contributed by atoms with Gasteiger partial charge in [0.1, 0.15) is 6.20 Å². The third-order valence-electron chi connectivity index (χ3n) is 2.19. The number of benzene rings is 1. The predicted molar refractivity (Wildman–Crippen MR) is 59.8 cm³/mol. The molecule has 1 heterocycles. The van der Waals surface area contributed by atoms with E-state index < -0.39 is 0 Å². The van der Waals surface area contributed by atoms with Crippen molar-refractivity contribution >= 4 is 11.6 Å². The average molecular weight is 236 g/mol. The molecular weight excluding hydrogens is 222 g/mol. The average Bonchev–Trinajstić information content (AvgIpc) is 2.31. The minimum Gasteiger partial charge on any atom is -1.00 e. The van der Waals surface area contributed by atoms with Crippen LogP contribution in [0.4, 0.5) is 11.6 Å². The molecule has 0 unspecified atom stereocenters. The molecular formula is C12H14ClN3. The molecule has 1 aromatic carbocycles. The largest absolute Gasteiger partial charge is 1.00 e. The van der Waals surface area contributed by atoms with E-state index in [1.165, 1.54) is 0 Å². The summed E-state index contributed by atoms with van der Waals surface area (Å²) in [6, 6.07) is 12.0. The van der Waals surface area contributed by atoms with E-state index in [1.807, 2.05) is 42.6 Å². The van der Waals surface area contributed by atoms with Crippen molar-refractivity contribution in [1.29, 1.82) is 0 Å². The minimum absolute atomic E-state index is 0. The number of halogens is 1. The van der Waals surface area contributed by atoms with Crippen LogP contribution >= 0.6 is 0 Å². The molecule has 0 spiro atoms. The Labute approximate surface area is 102 Å². The molecule has 0 saturated heterocycles. The summed E-state index contributed by atoms with van der Waals surface area (Å²) in [5.41, 5.74) is 1.05. The van der Waals surface area contributed by atoms with Crippen molar-refractivity contribution in [3.8, 4) is 0 Å². The highest BCUT2D eigenvalue weighted by atomic mass is 35.5. The van der Waals surface area contributed by atoms with Crippen LogP contribution in [-0.2, 0) is 6.54 Å². The number of hydrogen-bond donors (Lipinski definition) is 1. The molecule has 0 aliphatic heterocycles. The van der Waals surface area contributed by atoms with Crippen molar-refractivity contribution in [3.63, 3.8) is 0 Å². The van der Waals surface area contributed by atoms with E-state index in [0.29, 0.717) is 0 Å². The Morgan fingerprint density at radius 2 is 1.94 bits per heavy atom. The van der Waals surface area contributed by atoms with Crippen molar-refractivity contribution in [3.05, 3.63) is 48.8 Å². The van der Waals surface area contributed by atoms with Gasteiger partial charge in [-0.25, -0.2) is 9.88 Å². The van der Waals surface area contributed by atoms with Gasteiger partial charge in [0.05, 0.1) is 18.4 Å². The lowest BCUT2D eigenvalue weighted by Crippen LogP contribution is -3.00. The Balaban J connectivity index is 0.00000128. The number of nitrogens with zero attached hydrogens (tertiary/aromatic N) is 2. The maximum atomic E-state index is 4.30. The maximum absolute atomic E-state index is 4.30. The summed E-state index contributed by atoms with van der Waals surface area (Å²) < 4.78 is 2.06. The predicted octanol–water partition coefficient (Wildman–Crippen LogP) is -0.863. The number of hydrogen-bond acceptors (Lipinski definition) is 2. The van der Waals surface area contributed by atoms with E-state index in [0.717, 1.165) is 18.2 Å². The lowest BCUT2D eigenvalue weighted by atomic mass is 10.3. The number of nitrogens with one attached hydrogen (secondary N) is 1. The van der Waals surface area contributed by atoms with E-state index in [2.05, 4.69) is 21.8 Å². The topological polar surface area (TPSA) is 28.8 Å². The third-order valence-corrected chi connectivity index (χ3v) is 2.19. The van der Waals surface area contributed by atoms with Gasteiger partial charge in [-0.3, -0.25) is 0 Å². The molecule has 0 aliphatic carbocycles. The van der Waals surface area contributed by atoms with Gasteiger partial charge in [-0.2, -0.15) is 0 Å². The summed E-state index contributed by atoms with van der Waals surface area (Å²) in [5.74, 6) is 0.867. The molecule has 0 fully saturated rings. The van der Waals surface area contributed by atoms with E-state index in [4.69, 9.17) is 0 Å². The van der Waals surface area contributed by atoms with Gasteiger partial charge in [0.15, 0.2) is 0 Å². The molecule has 1 aromatic heterocycles. The molecule has 0 bridgehead atoms. The van der Waals surface area contributed by atoms with Gasteiger partial charge < -0.3 is 12.4 Å². The van der Waals surface area contributed by atoms with E-state index in [1.54, 1.807) is 6.20 Å². The van der Waals surface area contributed by atoms with Gasteiger partial charge in [0.2, 0.25) is 0 Å². The molecule has 84 valence electrons. The van der Waals surface area contributed by atoms with Gasteiger partial charge in [0, 0.05) is 6.07 Å². The number of para-hydroxylation sites is 1. The van der Waals surface area contributed by atoms with Crippen molar-refractivity contribution in [2.24, 2.45) is 0 Å².